The molecule has 2 rings (SSSR count). The Morgan fingerprint density at radius 3 is 2.52 bits per heavy atom. The molecule has 0 aliphatic rings. The van der Waals surface area contributed by atoms with Gasteiger partial charge in [0.2, 0.25) is 5.91 Å². The van der Waals surface area contributed by atoms with Gasteiger partial charge in [-0.15, -0.1) is 0 Å². The molecule has 1 atom stereocenters. The molecule has 4 heteroatoms. The van der Waals surface area contributed by atoms with Crippen molar-refractivity contribution in [1.29, 1.82) is 0 Å². The molecule has 1 amide bonds. The minimum atomic E-state index is 0.00779. The number of hydrogen-bond donors (Lipinski definition) is 2. The molecule has 0 saturated carbocycles. The maximum atomic E-state index is 11.9. The third kappa shape index (κ3) is 5.25. The molecule has 3 nitrogen and oxygen atoms in total. The first-order chi connectivity index (χ1) is 10.1. The van der Waals surface area contributed by atoms with Gasteiger partial charge in [0.15, 0.2) is 0 Å². The van der Waals surface area contributed by atoms with E-state index < -0.39 is 0 Å². The molecule has 0 bridgehead atoms. The van der Waals surface area contributed by atoms with E-state index in [1.54, 1.807) is 11.8 Å². The summed E-state index contributed by atoms with van der Waals surface area (Å²) < 4.78 is 0. The van der Waals surface area contributed by atoms with E-state index in [1.165, 1.54) is 0 Å². The lowest BCUT2D eigenvalue weighted by Crippen LogP contribution is -2.19. The van der Waals surface area contributed by atoms with Crippen molar-refractivity contribution in [3.05, 3.63) is 54.6 Å². The first kappa shape index (κ1) is 15.6. The van der Waals surface area contributed by atoms with Crippen LogP contribution in [0.4, 0.5) is 5.69 Å². The quantitative estimate of drug-likeness (QED) is 0.850. The van der Waals surface area contributed by atoms with E-state index in [2.05, 4.69) is 17.4 Å². The Kier molecular flexibility index (Phi) is 5.84. The van der Waals surface area contributed by atoms with E-state index in [0.29, 0.717) is 12.8 Å². The maximum Gasteiger partial charge on any atom is 0.224 e. The number of nitrogens with one attached hydrogen (secondary N) is 1. The monoisotopic (exact) mass is 300 g/mol. The Labute approximate surface area is 129 Å². The number of anilines is 1. The molecule has 0 saturated heterocycles. The predicted molar refractivity (Wildman–Crippen MR) is 88.5 cm³/mol. The first-order valence-electron chi connectivity index (χ1n) is 7.02. The van der Waals surface area contributed by atoms with Crippen molar-refractivity contribution in [2.24, 2.45) is 5.73 Å². The molecule has 2 aromatic carbocycles. The third-order valence-corrected chi connectivity index (χ3v) is 4.04. The van der Waals surface area contributed by atoms with Gasteiger partial charge in [0.1, 0.15) is 0 Å². The Morgan fingerprint density at radius 1 is 1.14 bits per heavy atom. The molecular weight excluding hydrogens is 280 g/mol. The lowest BCUT2D eigenvalue weighted by molar-refractivity contribution is -0.116. The topological polar surface area (TPSA) is 55.1 Å². The number of carbonyl (C=O) groups is 1. The molecular formula is C17H20N2OS. The van der Waals surface area contributed by atoms with Gasteiger partial charge >= 0.3 is 0 Å². The fraction of sp³-hybridized carbons (Fsp3) is 0.235. The fourth-order valence-corrected chi connectivity index (χ4v) is 2.77. The first-order valence-corrected chi connectivity index (χ1v) is 7.84. The number of nitrogens with two attached hydrogens (primary N) is 1. The molecule has 0 aromatic heterocycles. The minimum Gasteiger partial charge on any atom is -0.328 e. The average molecular weight is 300 g/mol. The molecule has 0 heterocycles. The summed E-state index contributed by atoms with van der Waals surface area (Å²) in [7, 11) is 0. The van der Waals surface area contributed by atoms with Crippen molar-refractivity contribution >= 4 is 23.4 Å². The second-order valence-corrected chi connectivity index (χ2v) is 6.09. The van der Waals surface area contributed by atoms with Crippen molar-refractivity contribution in [2.45, 2.75) is 35.6 Å². The van der Waals surface area contributed by atoms with Crippen LogP contribution in [0.25, 0.3) is 0 Å². The maximum absolute atomic E-state index is 11.9. The van der Waals surface area contributed by atoms with E-state index in [-0.39, 0.29) is 11.9 Å². The summed E-state index contributed by atoms with van der Waals surface area (Å²) >= 11 is 1.64. The Balaban J connectivity index is 2.05. The fourth-order valence-electron chi connectivity index (χ4n) is 1.85. The van der Waals surface area contributed by atoms with Gasteiger partial charge in [-0.2, -0.15) is 0 Å². The Bertz CT molecular complexity index is 584. The van der Waals surface area contributed by atoms with Crippen molar-refractivity contribution < 1.29 is 4.79 Å². The summed E-state index contributed by atoms with van der Waals surface area (Å²) in [6.45, 7) is 1.91. The Hall–Kier alpha value is -1.78. The molecule has 1 unspecified atom stereocenters. The molecule has 0 fully saturated rings. The summed E-state index contributed by atoms with van der Waals surface area (Å²) in [6.07, 6.45) is 1.14. The summed E-state index contributed by atoms with van der Waals surface area (Å²) in [5.74, 6) is 0.00779. The summed E-state index contributed by atoms with van der Waals surface area (Å²) in [4.78, 5) is 14.1. The van der Waals surface area contributed by atoms with Crippen LogP contribution in [0.1, 0.15) is 19.8 Å². The zero-order chi connectivity index (χ0) is 15.1. The van der Waals surface area contributed by atoms with E-state index >= 15 is 0 Å². The highest BCUT2D eigenvalue weighted by molar-refractivity contribution is 7.99. The van der Waals surface area contributed by atoms with Gasteiger partial charge in [-0.05, 0) is 37.6 Å². The molecule has 0 aliphatic heterocycles. The van der Waals surface area contributed by atoms with E-state index in [4.69, 9.17) is 5.73 Å². The second kappa shape index (κ2) is 7.86. The van der Waals surface area contributed by atoms with Crippen LogP contribution >= 0.6 is 11.8 Å². The van der Waals surface area contributed by atoms with Crippen LogP contribution in [0.5, 0.6) is 0 Å². The van der Waals surface area contributed by atoms with Crippen LogP contribution in [-0.4, -0.2) is 11.9 Å². The SMILES string of the molecule is CC(N)CCC(=O)Nc1ccccc1Sc1ccccc1. The van der Waals surface area contributed by atoms with Crippen molar-refractivity contribution in [3.63, 3.8) is 0 Å². The van der Waals surface area contributed by atoms with Gasteiger partial charge < -0.3 is 11.1 Å². The number of amides is 1. The number of benzene rings is 2. The zero-order valence-corrected chi connectivity index (χ0v) is 12.9. The van der Waals surface area contributed by atoms with Crippen LogP contribution in [0.3, 0.4) is 0 Å². The molecule has 21 heavy (non-hydrogen) atoms. The number of hydrogen-bond acceptors (Lipinski definition) is 3. The van der Waals surface area contributed by atoms with Crippen LogP contribution in [0.2, 0.25) is 0 Å². The second-order valence-electron chi connectivity index (χ2n) is 4.98. The van der Waals surface area contributed by atoms with E-state index in [1.807, 2.05) is 49.4 Å². The highest BCUT2D eigenvalue weighted by Crippen LogP contribution is 2.33. The Morgan fingerprint density at radius 2 is 1.81 bits per heavy atom. The summed E-state index contributed by atoms with van der Waals surface area (Å²) in [5, 5.41) is 2.97. The molecule has 0 spiro atoms. The normalized spacial score (nSPS) is 11.9. The van der Waals surface area contributed by atoms with Gasteiger partial charge in [-0.25, -0.2) is 0 Å². The van der Waals surface area contributed by atoms with Crippen LogP contribution in [-0.2, 0) is 4.79 Å². The summed E-state index contributed by atoms with van der Waals surface area (Å²) in [5.41, 5.74) is 6.53. The largest absolute Gasteiger partial charge is 0.328 e. The number of para-hydroxylation sites is 1. The van der Waals surface area contributed by atoms with Crippen molar-refractivity contribution in [3.8, 4) is 0 Å². The van der Waals surface area contributed by atoms with E-state index in [0.717, 1.165) is 15.5 Å². The van der Waals surface area contributed by atoms with Crippen molar-refractivity contribution in [2.75, 3.05) is 5.32 Å². The van der Waals surface area contributed by atoms with Gasteiger partial charge in [0.05, 0.1) is 5.69 Å². The van der Waals surface area contributed by atoms with Crippen LogP contribution in [0, 0.1) is 0 Å². The van der Waals surface area contributed by atoms with Gasteiger partial charge in [0.25, 0.3) is 0 Å². The molecule has 110 valence electrons. The summed E-state index contributed by atoms with van der Waals surface area (Å²) in [6, 6.07) is 18.0. The van der Waals surface area contributed by atoms with Gasteiger partial charge in [-0.3, -0.25) is 4.79 Å². The van der Waals surface area contributed by atoms with Crippen molar-refractivity contribution in [1.82, 2.24) is 0 Å². The lowest BCUT2D eigenvalue weighted by atomic mass is 10.2. The molecule has 0 radical (unpaired) electrons. The number of rotatable bonds is 6. The van der Waals surface area contributed by atoms with E-state index in [9.17, 15) is 4.79 Å². The van der Waals surface area contributed by atoms with Crippen LogP contribution in [0.15, 0.2) is 64.4 Å². The average Bonchev–Trinajstić information content (AvgIpc) is 2.48. The molecule has 3 N–H and O–H groups in total. The number of carbonyl (C=O) groups excluding carboxylic acids is 1. The van der Waals surface area contributed by atoms with Gasteiger partial charge in [-0.1, -0.05) is 42.1 Å². The zero-order valence-electron chi connectivity index (χ0n) is 12.1. The third-order valence-electron chi connectivity index (χ3n) is 2.96. The highest BCUT2D eigenvalue weighted by Gasteiger charge is 2.08. The lowest BCUT2D eigenvalue weighted by Gasteiger charge is -2.11. The minimum absolute atomic E-state index is 0.00779. The highest BCUT2D eigenvalue weighted by atomic mass is 32.2. The predicted octanol–water partition coefficient (Wildman–Crippen LogP) is 3.90. The van der Waals surface area contributed by atoms with Crippen LogP contribution < -0.4 is 11.1 Å². The standard InChI is InChI=1S/C17H20N2OS/c1-13(18)11-12-17(20)19-15-9-5-6-10-16(15)21-14-7-3-2-4-8-14/h2-10,13H,11-12,18H2,1H3,(H,19,20). The van der Waals surface area contributed by atoms with Gasteiger partial charge in [0, 0.05) is 22.3 Å². The molecule has 0 aliphatic carbocycles. The molecule has 2 aromatic rings. The smallest absolute Gasteiger partial charge is 0.224 e.